The Morgan fingerprint density at radius 1 is 1.31 bits per heavy atom. The van der Waals surface area contributed by atoms with Gasteiger partial charge >= 0.3 is 0 Å². The van der Waals surface area contributed by atoms with Crippen molar-refractivity contribution in [3.8, 4) is 0 Å². The second-order valence-corrected chi connectivity index (χ2v) is 4.94. The maximum Gasteiger partial charge on any atom is 0.0406 e. The zero-order valence-electron chi connectivity index (χ0n) is 10.1. The highest BCUT2D eigenvalue weighted by Gasteiger charge is 2.06. The molecule has 16 heavy (non-hydrogen) atoms. The highest BCUT2D eigenvalue weighted by molar-refractivity contribution is 6.30. The van der Waals surface area contributed by atoms with Crippen molar-refractivity contribution < 1.29 is 0 Å². The van der Waals surface area contributed by atoms with Crippen molar-refractivity contribution in [3.63, 3.8) is 0 Å². The number of hydrogen-bond acceptors (Lipinski definition) is 2. The third-order valence-corrected chi connectivity index (χ3v) is 2.90. The predicted molar refractivity (Wildman–Crippen MR) is 70.6 cm³/mol. The lowest BCUT2D eigenvalue weighted by molar-refractivity contribution is 0.273. The molecule has 1 aromatic carbocycles. The van der Waals surface area contributed by atoms with Crippen molar-refractivity contribution in [2.24, 2.45) is 11.7 Å². The van der Waals surface area contributed by atoms with Crippen LogP contribution in [0.15, 0.2) is 24.3 Å². The number of rotatable bonds is 6. The molecule has 0 aliphatic heterocycles. The van der Waals surface area contributed by atoms with Crippen LogP contribution in [-0.4, -0.2) is 25.0 Å². The van der Waals surface area contributed by atoms with Gasteiger partial charge in [0, 0.05) is 18.1 Å². The molecule has 0 aliphatic carbocycles. The number of halogens is 1. The minimum absolute atomic E-state index is 0.655. The number of nitrogens with zero attached hydrogens (tertiary/aromatic N) is 1. The van der Waals surface area contributed by atoms with Crippen LogP contribution >= 0.6 is 11.6 Å². The second-order valence-electron chi connectivity index (χ2n) is 4.51. The topological polar surface area (TPSA) is 29.3 Å². The Hall–Kier alpha value is -0.570. The van der Waals surface area contributed by atoms with Crippen molar-refractivity contribution in [2.75, 3.05) is 20.1 Å². The van der Waals surface area contributed by atoms with Gasteiger partial charge in [-0.3, -0.25) is 0 Å². The fourth-order valence-electron chi connectivity index (χ4n) is 1.87. The van der Waals surface area contributed by atoms with Crippen molar-refractivity contribution in [3.05, 3.63) is 34.9 Å². The molecule has 1 atom stereocenters. The summed E-state index contributed by atoms with van der Waals surface area (Å²) in [7, 11) is 2.14. The van der Waals surface area contributed by atoms with E-state index in [4.69, 9.17) is 17.3 Å². The largest absolute Gasteiger partial charge is 0.330 e. The molecule has 1 unspecified atom stereocenters. The van der Waals surface area contributed by atoms with Gasteiger partial charge in [-0.25, -0.2) is 0 Å². The van der Waals surface area contributed by atoms with E-state index in [1.165, 1.54) is 5.56 Å². The maximum atomic E-state index is 5.85. The molecule has 0 bridgehead atoms. The van der Waals surface area contributed by atoms with E-state index in [1.807, 2.05) is 12.1 Å². The molecule has 2 nitrogen and oxygen atoms in total. The van der Waals surface area contributed by atoms with Crippen LogP contribution in [0.3, 0.4) is 0 Å². The third kappa shape index (κ3) is 4.97. The van der Waals surface area contributed by atoms with Gasteiger partial charge in [0.25, 0.3) is 0 Å². The number of benzene rings is 1. The second kappa shape index (κ2) is 6.89. The Morgan fingerprint density at radius 3 is 2.50 bits per heavy atom. The molecule has 0 saturated carbocycles. The molecule has 0 spiro atoms. The van der Waals surface area contributed by atoms with Crippen LogP contribution < -0.4 is 5.73 Å². The summed E-state index contributed by atoms with van der Waals surface area (Å²) < 4.78 is 0. The molecule has 0 aromatic heterocycles. The Labute approximate surface area is 103 Å². The van der Waals surface area contributed by atoms with Gasteiger partial charge in [-0.2, -0.15) is 0 Å². The number of nitrogens with two attached hydrogens (primary N) is 1. The predicted octanol–water partition coefficient (Wildman–Crippen LogP) is 2.76. The van der Waals surface area contributed by atoms with E-state index in [9.17, 15) is 0 Å². The molecule has 0 radical (unpaired) electrons. The molecule has 3 heteroatoms. The first-order valence-electron chi connectivity index (χ1n) is 5.75. The Kier molecular flexibility index (Phi) is 5.81. The lowest BCUT2D eigenvalue weighted by atomic mass is 10.1. The summed E-state index contributed by atoms with van der Waals surface area (Å²) in [5.74, 6) is 0.655. The van der Waals surface area contributed by atoms with Gasteiger partial charge in [0.2, 0.25) is 0 Å². The first kappa shape index (κ1) is 13.5. The summed E-state index contributed by atoms with van der Waals surface area (Å²) in [5, 5.41) is 0.794. The standard InChI is InChI=1S/C13H21ClN2/c1-11(7-8-15)9-16(2)10-12-3-5-13(14)6-4-12/h3-6,11H,7-10,15H2,1-2H3. The molecule has 1 rings (SSSR count). The van der Waals surface area contributed by atoms with E-state index >= 15 is 0 Å². The van der Waals surface area contributed by atoms with Crippen LogP contribution in [0.5, 0.6) is 0 Å². The molecule has 1 aromatic rings. The Balaban J connectivity index is 2.39. The van der Waals surface area contributed by atoms with Gasteiger partial charge in [0.1, 0.15) is 0 Å². The van der Waals surface area contributed by atoms with E-state index < -0.39 is 0 Å². The zero-order valence-corrected chi connectivity index (χ0v) is 10.9. The minimum Gasteiger partial charge on any atom is -0.330 e. The van der Waals surface area contributed by atoms with Gasteiger partial charge in [0.05, 0.1) is 0 Å². The van der Waals surface area contributed by atoms with Crippen molar-refractivity contribution in [2.45, 2.75) is 19.9 Å². The molecule has 0 heterocycles. The highest BCUT2D eigenvalue weighted by atomic mass is 35.5. The normalized spacial score (nSPS) is 13.1. The molecule has 2 N–H and O–H groups in total. The molecule has 0 aliphatic rings. The Morgan fingerprint density at radius 2 is 1.94 bits per heavy atom. The van der Waals surface area contributed by atoms with Crippen molar-refractivity contribution >= 4 is 11.6 Å². The van der Waals surface area contributed by atoms with Crippen LogP contribution in [0, 0.1) is 5.92 Å². The molecular formula is C13H21ClN2. The van der Waals surface area contributed by atoms with Crippen LogP contribution in [0.4, 0.5) is 0 Å². The lowest BCUT2D eigenvalue weighted by Crippen LogP contribution is -2.25. The van der Waals surface area contributed by atoms with Gasteiger partial charge in [-0.15, -0.1) is 0 Å². The first-order chi connectivity index (χ1) is 7.61. The zero-order chi connectivity index (χ0) is 12.0. The van der Waals surface area contributed by atoms with Crippen LogP contribution in [0.2, 0.25) is 5.02 Å². The fraction of sp³-hybridized carbons (Fsp3) is 0.538. The van der Waals surface area contributed by atoms with E-state index in [1.54, 1.807) is 0 Å². The van der Waals surface area contributed by atoms with Gasteiger partial charge in [-0.1, -0.05) is 30.7 Å². The molecule has 90 valence electrons. The Bertz CT molecular complexity index is 297. The molecule has 0 fully saturated rings. The fourth-order valence-corrected chi connectivity index (χ4v) is 2.00. The molecule has 0 amide bonds. The average Bonchev–Trinajstić information content (AvgIpc) is 2.21. The van der Waals surface area contributed by atoms with E-state index in [0.717, 1.165) is 31.1 Å². The third-order valence-electron chi connectivity index (χ3n) is 2.65. The first-order valence-corrected chi connectivity index (χ1v) is 6.12. The molecular weight excluding hydrogens is 220 g/mol. The summed E-state index contributed by atoms with van der Waals surface area (Å²) in [6.07, 6.45) is 1.09. The van der Waals surface area contributed by atoms with Crippen LogP contribution in [-0.2, 0) is 6.54 Å². The lowest BCUT2D eigenvalue weighted by Gasteiger charge is -2.21. The molecule has 0 saturated heterocycles. The SMILES string of the molecule is CC(CCN)CN(C)Cc1ccc(Cl)cc1. The smallest absolute Gasteiger partial charge is 0.0406 e. The van der Waals surface area contributed by atoms with Gasteiger partial charge in [0.15, 0.2) is 0 Å². The average molecular weight is 241 g/mol. The summed E-state index contributed by atoms with van der Waals surface area (Å²) in [6.45, 7) is 5.06. The number of hydrogen-bond donors (Lipinski definition) is 1. The van der Waals surface area contributed by atoms with E-state index in [0.29, 0.717) is 5.92 Å². The van der Waals surface area contributed by atoms with Gasteiger partial charge < -0.3 is 10.6 Å². The van der Waals surface area contributed by atoms with Crippen molar-refractivity contribution in [1.29, 1.82) is 0 Å². The van der Waals surface area contributed by atoms with E-state index in [2.05, 4.69) is 31.0 Å². The van der Waals surface area contributed by atoms with Crippen LogP contribution in [0.25, 0.3) is 0 Å². The van der Waals surface area contributed by atoms with Crippen molar-refractivity contribution in [1.82, 2.24) is 4.90 Å². The summed E-state index contributed by atoms with van der Waals surface area (Å²) in [5.41, 5.74) is 6.84. The minimum atomic E-state index is 0.655. The summed E-state index contributed by atoms with van der Waals surface area (Å²) in [4.78, 5) is 2.32. The quantitative estimate of drug-likeness (QED) is 0.829. The summed E-state index contributed by atoms with van der Waals surface area (Å²) >= 11 is 5.85. The summed E-state index contributed by atoms with van der Waals surface area (Å²) in [6, 6.07) is 8.03. The van der Waals surface area contributed by atoms with Gasteiger partial charge in [-0.05, 0) is 43.6 Å². The monoisotopic (exact) mass is 240 g/mol. The van der Waals surface area contributed by atoms with Crippen LogP contribution in [0.1, 0.15) is 18.9 Å². The maximum absolute atomic E-state index is 5.85. The highest BCUT2D eigenvalue weighted by Crippen LogP contribution is 2.12. The van der Waals surface area contributed by atoms with E-state index in [-0.39, 0.29) is 0 Å².